The van der Waals surface area contributed by atoms with Crippen molar-refractivity contribution in [1.29, 1.82) is 0 Å². The maximum atomic E-state index is 13.3. The van der Waals surface area contributed by atoms with Gasteiger partial charge in [-0.2, -0.15) is 0 Å². The number of likely N-dealkylation sites (tertiary alicyclic amines) is 1. The summed E-state index contributed by atoms with van der Waals surface area (Å²) in [4.78, 5) is 2.38. The molecule has 1 saturated heterocycles. The predicted molar refractivity (Wildman–Crippen MR) is 76.0 cm³/mol. The van der Waals surface area contributed by atoms with Crippen molar-refractivity contribution in [2.24, 2.45) is 5.92 Å². The van der Waals surface area contributed by atoms with E-state index in [4.69, 9.17) is 0 Å². The van der Waals surface area contributed by atoms with E-state index in [1.807, 2.05) is 6.07 Å². The van der Waals surface area contributed by atoms with E-state index >= 15 is 0 Å². The molecule has 1 fully saturated rings. The van der Waals surface area contributed by atoms with Crippen LogP contribution in [0, 0.1) is 11.7 Å². The molecule has 18 heavy (non-hydrogen) atoms. The Kier molecular flexibility index (Phi) is 5.15. The molecule has 0 aliphatic carbocycles. The van der Waals surface area contributed by atoms with Crippen LogP contribution in [0.15, 0.2) is 22.7 Å². The van der Waals surface area contributed by atoms with Gasteiger partial charge in [0, 0.05) is 13.1 Å². The van der Waals surface area contributed by atoms with Gasteiger partial charge < -0.3 is 10.2 Å². The summed E-state index contributed by atoms with van der Waals surface area (Å²) in [6.07, 6.45) is 2.58. The molecule has 1 aromatic rings. The van der Waals surface area contributed by atoms with Crippen LogP contribution in [-0.4, -0.2) is 31.6 Å². The maximum absolute atomic E-state index is 13.3. The minimum atomic E-state index is -0.188. The average molecular weight is 315 g/mol. The largest absolute Gasteiger partial charge is 0.312 e. The zero-order chi connectivity index (χ0) is 13.0. The lowest BCUT2D eigenvalue weighted by Crippen LogP contribution is -2.37. The van der Waals surface area contributed by atoms with Crippen molar-refractivity contribution in [3.05, 3.63) is 34.1 Å². The van der Waals surface area contributed by atoms with Crippen molar-refractivity contribution >= 4 is 15.9 Å². The summed E-state index contributed by atoms with van der Waals surface area (Å²) in [5, 5.41) is 3.44. The fourth-order valence-electron chi connectivity index (χ4n) is 2.54. The number of benzene rings is 1. The first-order chi connectivity index (χ1) is 8.66. The first-order valence-electron chi connectivity index (χ1n) is 6.49. The molecule has 1 heterocycles. The van der Waals surface area contributed by atoms with Gasteiger partial charge in [0.05, 0.1) is 4.47 Å². The normalized spacial score (nSPS) is 21.2. The van der Waals surface area contributed by atoms with Crippen LogP contribution in [0.5, 0.6) is 0 Å². The molecule has 0 aromatic heterocycles. The Morgan fingerprint density at radius 3 is 3.11 bits per heavy atom. The molecule has 1 aromatic carbocycles. The molecule has 1 aliphatic heterocycles. The second-order valence-electron chi connectivity index (χ2n) is 5.11. The SMILES string of the molecule is CN1CCCC(CNCc2cccc(F)c2Br)C1. The van der Waals surface area contributed by atoms with Gasteiger partial charge in [0.1, 0.15) is 5.82 Å². The minimum Gasteiger partial charge on any atom is -0.312 e. The van der Waals surface area contributed by atoms with Gasteiger partial charge in [-0.25, -0.2) is 4.39 Å². The molecule has 100 valence electrons. The molecule has 0 radical (unpaired) electrons. The van der Waals surface area contributed by atoms with Crippen molar-refractivity contribution in [3.63, 3.8) is 0 Å². The molecule has 4 heteroatoms. The molecular weight excluding hydrogens is 295 g/mol. The van der Waals surface area contributed by atoms with Crippen LogP contribution in [0.2, 0.25) is 0 Å². The van der Waals surface area contributed by atoms with Gasteiger partial charge in [0.15, 0.2) is 0 Å². The number of nitrogens with one attached hydrogen (secondary N) is 1. The van der Waals surface area contributed by atoms with Gasteiger partial charge in [0.25, 0.3) is 0 Å². The quantitative estimate of drug-likeness (QED) is 0.919. The lowest BCUT2D eigenvalue weighted by molar-refractivity contribution is 0.206. The Hall–Kier alpha value is -0.450. The number of rotatable bonds is 4. The summed E-state index contributed by atoms with van der Waals surface area (Å²) in [6.45, 7) is 4.11. The zero-order valence-electron chi connectivity index (χ0n) is 10.8. The highest BCUT2D eigenvalue weighted by Gasteiger charge is 2.16. The monoisotopic (exact) mass is 314 g/mol. The van der Waals surface area contributed by atoms with Crippen molar-refractivity contribution in [3.8, 4) is 0 Å². The van der Waals surface area contributed by atoms with Crippen molar-refractivity contribution in [1.82, 2.24) is 10.2 Å². The second kappa shape index (κ2) is 6.64. The first-order valence-corrected chi connectivity index (χ1v) is 7.28. The number of nitrogens with zero attached hydrogens (tertiary/aromatic N) is 1. The summed E-state index contributed by atoms with van der Waals surface area (Å²) >= 11 is 3.29. The standard InChI is InChI=1S/C14H20BrFN2/c1-18-7-3-4-11(10-18)8-17-9-12-5-2-6-13(16)14(12)15/h2,5-6,11,17H,3-4,7-10H2,1H3. The van der Waals surface area contributed by atoms with Crippen molar-refractivity contribution in [2.45, 2.75) is 19.4 Å². The van der Waals surface area contributed by atoms with Crippen LogP contribution in [0.4, 0.5) is 4.39 Å². The van der Waals surface area contributed by atoms with Crippen LogP contribution in [0.25, 0.3) is 0 Å². The molecule has 1 unspecified atom stereocenters. The van der Waals surface area contributed by atoms with E-state index in [1.54, 1.807) is 6.07 Å². The molecule has 2 rings (SSSR count). The van der Waals surface area contributed by atoms with E-state index in [2.05, 4.69) is 33.2 Å². The molecule has 1 atom stereocenters. The Bertz CT molecular complexity index is 397. The molecule has 0 bridgehead atoms. The van der Waals surface area contributed by atoms with Gasteiger partial charge in [-0.1, -0.05) is 12.1 Å². The fourth-order valence-corrected chi connectivity index (χ4v) is 2.94. The third-order valence-corrected chi connectivity index (χ3v) is 4.39. The summed E-state index contributed by atoms with van der Waals surface area (Å²) in [7, 11) is 2.18. The fraction of sp³-hybridized carbons (Fsp3) is 0.571. The van der Waals surface area contributed by atoms with Gasteiger partial charge in [0.2, 0.25) is 0 Å². The van der Waals surface area contributed by atoms with E-state index in [1.165, 1.54) is 25.5 Å². The van der Waals surface area contributed by atoms with Crippen LogP contribution < -0.4 is 5.32 Å². The molecule has 2 nitrogen and oxygen atoms in total. The van der Waals surface area contributed by atoms with Crippen LogP contribution in [0.3, 0.4) is 0 Å². The molecule has 1 N–H and O–H groups in total. The predicted octanol–water partition coefficient (Wildman–Crippen LogP) is 3.02. The van der Waals surface area contributed by atoms with E-state index < -0.39 is 0 Å². The van der Waals surface area contributed by atoms with E-state index in [-0.39, 0.29) is 5.82 Å². The highest BCUT2D eigenvalue weighted by atomic mass is 79.9. The highest BCUT2D eigenvalue weighted by molar-refractivity contribution is 9.10. The number of hydrogen-bond donors (Lipinski definition) is 1. The lowest BCUT2D eigenvalue weighted by atomic mass is 9.98. The van der Waals surface area contributed by atoms with Gasteiger partial charge in [-0.15, -0.1) is 0 Å². The Morgan fingerprint density at radius 1 is 1.50 bits per heavy atom. The van der Waals surface area contributed by atoms with E-state index in [0.717, 1.165) is 31.1 Å². The summed E-state index contributed by atoms with van der Waals surface area (Å²) in [5.74, 6) is 0.530. The third-order valence-electron chi connectivity index (χ3n) is 3.50. The zero-order valence-corrected chi connectivity index (χ0v) is 12.3. The number of halogens is 2. The van der Waals surface area contributed by atoms with Crippen LogP contribution in [-0.2, 0) is 6.54 Å². The van der Waals surface area contributed by atoms with Gasteiger partial charge in [-0.3, -0.25) is 0 Å². The lowest BCUT2D eigenvalue weighted by Gasteiger charge is -2.29. The first kappa shape index (κ1) is 14.0. The molecule has 0 spiro atoms. The Balaban J connectivity index is 1.79. The Morgan fingerprint density at radius 2 is 2.33 bits per heavy atom. The minimum absolute atomic E-state index is 0.188. The van der Waals surface area contributed by atoms with Crippen LogP contribution >= 0.6 is 15.9 Å². The third kappa shape index (κ3) is 3.77. The van der Waals surface area contributed by atoms with Crippen molar-refractivity contribution in [2.75, 3.05) is 26.7 Å². The molecule has 0 saturated carbocycles. The molecule has 0 amide bonds. The van der Waals surface area contributed by atoms with Crippen molar-refractivity contribution < 1.29 is 4.39 Å². The second-order valence-corrected chi connectivity index (χ2v) is 5.91. The number of piperidine rings is 1. The maximum Gasteiger partial charge on any atom is 0.137 e. The topological polar surface area (TPSA) is 15.3 Å². The summed E-state index contributed by atoms with van der Waals surface area (Å²) in [5.41, 5.74) is 0.985. The van der Waals surface area contributed by atoms with Gasteiger partial charge in [-0.05, 0) is 66.5 Å². The summed E-state index contributed by atoms with van der Waals surface area (Å²) in [6, 6.07) is 5.18. The average Bonchev–Trinajstić information content (AvgIpc) is 2.35. The molecule has 1 aliphatic rings. The smallest absolute Gasteiger partial charge is 0.137 e. The van der Waals surface area contributed by atoms with E-state index in [0.29, 0.717) is 4.47 Å². The van der Waals surface area contributed by atoms with Crippen LogP contribution in [0.1, 0.15) is 18.4 Å². The van der Waals surface area contributed by atoms with E-state index in [9.17, 15) is 4.39 Å². The number of hydrogen-bond acceptors (Lipinski definition) is 2. The highest BCUT2D eigenvalue weighted by Crippen LogP contribution is 2.20. The van der Waals surface area contributed by atoms with Gasteiger partial charge >= 0.3 is 0 Å². The molecular formula is C14H20BrFN2. The Labute approximate surface area is 117 Å². The summed E-state index contributed by atoms with van der Waals surface area (Å²) < 4.78 is 13.9.